The van der Waals surface area contributed by atoms with Gasteiger partial charge in [0.1, 0.15) is 5.84 Å². The smallest absolute Gasteiger partial charge is 0.401 e. The highest BCUT2D eigenvalue weighted by atomic mass is 19.4. The number of aliphatic imine (C=N–C) groups is 1. The third-order valence-corrected chi connectivity index (χ3v) is 6.00. The number of hydrogen-bond donors (Lipinski definition) is 3. The van der Waals surface area contributed by atoms with E-state index in [0.29, 0.717) is 22.5 Å². The number of dihydropyridines is 1. The van der Waals surface area contributed by atoms with E-state index in [2.05, 4.69) is 15.2 Å². The van der Waals surface area contributed by atoms with Crippen molar-refractivity contribution < 1.29 is 17.9 Å². The van der Waals surface area contributed by atoms with Gasteiger partial charge in [0.05, 0.1) is 42.1 Å². The Balaban J connectivity index is 1.56. The van der Waals surface area contributed by atoms with E-state index in [9.17, 15) is 13.2 Å². The van der Waals surface area contributed by atoms with E-state index >= 15 is 0 Å². The summed E-state index contributed by atoms with van der Waals surface area (Å²) in [4.78, 5) is 6.62. The van der Waals surface area contributed by atoms with Gasteiger partial charge in [0.2, 0.25) is 0 Å². The number of halogens is 3. The summed E-state index contributed by atoms with van der Waals surface area (Å²) in [7, 11) is 0. The average Bonchev–Trinajstić information content (AvgIpc) is 2.63. The fourth-order valence-corrected chi connectivity index (χ4v) is 4.13. The highest BCUT2D eigenvalue weighted by molar-refractivity contribution is 6.01. The largest absolute Gasteiger partial charge is 0.416 e. The summed E-state index contributed by atoms with van der Waals surface area (Å²) in [6.07, 6.45) is -0.601. The van der Waals surface area contributed by atoms with Gasteiger partial charge in [-0.15, -0.1) is 0 Å². The van der Waals surface area contributed by atoms with E-state index in [1.807, 2.05) is 12.3 Å². The number of likely N-dealkylation sites (tertiary alicyclic amines) is 1. The molecular formula is C22H26F3N5O. The summed E-state index contributed by atoms with van der Waals surface area (Å²) in [5.74, 6) is 0.219. The van der Waals surface area contributed by atoms with Crippen LogP contribution in [0.1, 0.15) is 23.6 Å². The lowest BCUT2D eigenvalue weighted by atomic mass is 9.77. The van der Waals surface area contributed by atoms with Gasteiger partial charge in [-0.2, -0.15) is 13.2 Å². The summed E-state index contributed by atoms with van der Waals surface area (Å²) in [6.45, 7) is 6.63. The molecular weight excluding hydrogens is 407 g/mol. The zero-order chi connectivity index (χ0) is 22.4. The topological polar surface area (TPSA) is 88.9 Å². The van der Waals surface area contributed by atoms with Gasteiger partial charge in [0.15, 0.2) is 0 Å². The van der Waals surface area contributed by atoms with Crippen molar-refractivity contribution in [3.05, 3.63) is 69.8 Å². The number of benzene rings is 1. The lowest BCUT2D eigenvalue weighted by Crippen LogP contribution is -2.65. The SMILES string of the molecule is C/C(N)=C1\NC=C(N2CC3(COC3)C2)C=C1C(N)=NCc1cccc(C(F)(F)F)c1C. The van der Waals surface area contributed by atoms with Gasteiger partial charge in [-0.25, -0.2) is 0 Å². The van der Waals surface area contributed by atoms with Crippen LogP contribution in [0, 0.1) is 12.3 Å². The van der Waals surface area contributed by atoms with Crippen LogP contribution in [-0.2, 0) is 17.5 Å². The first-order valence-corrected chi connectivity index (χ1v) is 10.0. The summed E-state index contributed by atoms with van der Waals surface area (Å²) >= 11 is 0. The van der Waals surface area contributed by atoms with Gasteiger partial charge in [-0.05, 0) is 37.1 Å². The minimum Gasteiger partial charge on any atom is -0.401 e. The number of nitrogens with one attached hydrogen (secondary N) is 1. The standard InChI is InChI=1S/C22H26F3N5O/c1-13-15(4-3-5-18(13)22(23,24)25)7-29-20(27)17-6-16(8-28-19(17)14(2)26)30-9-21(10-30)11-31-12-21/h3-6,8,28H,7,9-12,26H2,1-2H3,(H2,27,29)/b19-14+. The van der Waals surface area contributed by atoms with Gasteiger partial charge < -0.3 is 26.4 Å². The van der Waals surface area contributed by atoms with Gasteiger partial charge >= 0.3 is 6.18 Å². The molecule has 2 saturated heterocycles. The lowest BCUT2D eigenvalue weighted by Gasteiger charge is -2.56. The van der Waals surface area contributed by atoms with Crippen LogP contribution in [0.2, 0.25) is 0 Å². The Morgan fingerprint density at radius 2 is 1.97 bits per heavy atom. The lowest BCUT2D eigenvalue weighted by molar-refractivity contribution is -0.179. The summed E-state index contributed by atoms with van der Waals surface area (Å²) in [5.41, 5.74) is 15.3. The molecule has 3 aliphatic rings. The minimum atomic E-state index is -4.41. The third-order valence-electron chi connectivity index (χ3n) is 6.00. The third kappa shape index (κ3) is 4.01. The molecule has 4 rings (SSSR count). The van der Waals surface area contributed by atoms with Crippen molar-refractivity contribution in [3.63, 3.8) is 0 Å². The molecule has 1 aromatic carbocycles. The van der Waals surface area contributed by atoms with Crippen LogP contribution in [0.3, 0.4) is 0 Å². The van der Waals surface area contributed by atoms with Gasteiger partial charge in [-0.1, -0.05) is 12.1 Å². The maximum Gasteiger partial charge on any atom is 0.416 e. The first kappa shape index (κ1) is 21.3. The van der Waals surface area contributed by atoms with Crippen molar-refractivity contribution in [2.24, 2.45) is 21.9 Å². The Morgan fingerprint density at radius 3 is 2.55 bits per heavy atom. The van der Waals surface area contributed by atoms with Crippen LogP contribution in [0.15, 0.2) is 58.1 Å². The Hall–Kier alpha value is -2.94. The van der Waals surface area contributed by atoms with Crippen molar-refractivity contribution in [3.8, 4) is 0 Å². The van der Waals surface area contributed by atoms with Crippen molar-refractivity contribution in [2.75, 3.05) is 26.3 Å². The number of nitrogens with two attached hydrogens (primary N) is 2. The molecule has 3 heterocycles. The maximum absolute atomic E-state index is 13.2. The molecule has 166 valence electrons. The van der Waals surface area contributed by atoms with Gasteiger partial charge in [0, 0.05) is 30.6 Å². The van der Waals surface area contributed by atoms with E-state index in [1.54, 1.807) is 13.0 Å². The highest BCUT2D eigenvalue weighted by Crippen LogP contribution is 2.40. The first-order chi connectivity index (χ1) is 14.6. The molecule has 0 unspecified atom stereocenters. The Labute approximate surface area is 179 Å². The number of hydrogen-bond acceptors (Lipinski definition) is 5. The monoisotopic (exact) mass is 433 g/mol. The molecule has 0 bridgehead atoms. The van der Waals surface area contributed by atoms with E-state index < -0.39 is 11.7 Å². The fraction of sp³-hybridized carbons (Fsp3) is 0.409. The molecule has 9 heteroatoms. The molecule has 31 heavy (non-hydrogen) atoms. The zero-order valence-corrected chi connectivity index (χ0v) is 17.5. The Bertz CT molecular complexity index is 1010. The number of rotatable bonds is 4. The minimum absolute atomic E-state index is 0.0407. The number of nitrogens with zero attached hydrogens (tertiary/aromatic N) is 2. The first-order valence-electron chi connectivity index (χ1n) is 10.0. The van der Waals surface area contributed by atoms with E-state index in [4.69, 9.17) is 16.2 Å². The van der Waals surface area contributed by atoms with Crippen LogP contribution in [0.25, 0.3) is 0 Å². The Kier molecular flexibility index (Phi) is 5.25. The molecule has 0 aliphatic carbocycles. The van der Waals surface area contributed by atoms with Crippen LogP contribution < -0.4 is 16.8 Å². The number of alkyl halides is 3. The molecule has 5 N–H and O–H groups in total. The maximum atomic E-state index is 13.2. The molecule has 0 amide bonds. The number of amidine groups is 1. The highest BCUT2D eigenvalue weighted by Gasteiger charge is 2.49. The van der Waals surface area contributed by atoms with Crippen LogP contribution in [0.4, 0.5) is 13.2 Å². The molecule has 0 aromatic heterocycles. The van der Waals surface area contributed by atoms with Gasteiger partial charge in [-0.3, -0.25) is 4.99 Å². The van der Waals surface area contributed by atoms with Crippen molar-refractivity contribution in [2.45, 2.75) is 26.6 Å². The summed E-state index contributed by atoms with van der Waals surface area (Å²) < 4.78 is 44.9. The second-order valence-electron chi connectivity index (χ2n) is 8.47. The van der Waals surface area contributed by atoms with Crippen LogP contribution >= 0.6 is 0 Å². The predicted molar refractivity (Wildman–Crippen MR) is 113 cm³/mol. The molecule has 6 nitrogen and oxygen atoms in total. The van der Waals surface area contributed by atoms with Crippen molar-refractivity contribution >= 4 is 5.84 Å². The molecule has 3 aliphatic heterocycles. The quantitative estimate of drug-likeness (QED) is 0.502. The molecule has 1 aromatic rings. The fourth-order valence-electron chi connectivity index (χ4n) is 4.13. The Morgan fingerprint density at radius 1 is 1.26 bits per heavy atom. The molecule has 0 saturated carbocycles. The zero-order valence-electron chi connectivity index (χ0n) is 17.5. The molecule has 0 atom stereocenters. The predicted octanol–water partition coefficient (Wildman–Crippen LogP) is 2.76. The second kappa shape index (κ2) is 7.64. The number of allylic oxidation sites excluding steroid dienone is 2. The van der Waals surface area contributed by atoms with E-state index in [1.165, 1.54) is 13.0 Å². The molecule has 0 radical (unpaired) electrons. The van der Waals surface area contributed by atoms with E-state index in [0.717, 1.165) is 38.1 Å². The van der Waals surface area contributed by atoms with Crippen molar-refractivity contribution in [1.29, 1.82) is 0 Å². The van der Waals surface area contributed by atoms with Gasteiger partial charge in [0.25, 0.3) is 0 Å². The average molecular weight is 433 g/mol. The normalized spacial score (nSPS) is 22.2. The van der Waals surface area contributed by atoms with E-state index in [-0.39, 0.29) is 23.4 Å². The summed E-state index contributed by atoms with van der Waals surface area (Å²) in [6, 6.07) is 4.09. The second-order valence-corrected chi connectivity index (χ2v) is 8.47. The number of ether oxygens (including phenoxy) is 1. The molecule has 2 fully saturated rings. The molecule has 1 spiro atoms. The van der Waals surface area contributed by atoms with Crippen LogP contribution in [-0.4, -0.2) is 37.0 Å². The van der Waals surface area contributed by atoms with Crippen LogP contribution in [0.5, 0.6) is 0 Å². The van der Waals surface area contributed by atoms with Crippen molar-refractivity contribution in [1.82, 2.24) is 10.2 Å². The summed E-state index contributed by atoms with van der Waals surface area (Å²) in [5, 5.41) is 3.19.